The van der Waals surface area contributed by atoms with E-state index in [2.05, 4.69) is 36.0 Å². The van der Waals surface area contributed by atoms with Crippen LogP contribution in [0.1, 0.15) is 5.56 Å². The number of imidazole rings is 1. The SMILES string of the molecule is COC(=O)Nc1nc2c(Br)cc(C(F)(F)F)cc2[nH]1. The molecule has 0 saturated carbocycles. The molecule has 1 aromatic carbocycles. The number of benzene rings is 1. The topological polar surface area (TPSA) is 67.0 Å². The van der Waals surface area contributed by atoms with E-state index in [1.165, 1.54) is 0 Å². The van der Waals surface area contributed by atoms with Gasteiger partial charge in [-0.05, 0) is 28.1 Å². The number of alkyl halides is 3. The summed E-state index contributed by atoms with van der Waals surface area (Å²) < 4.78 is 42.4. The van der Waals surface area contributed by atoms with Crippen LogP contribution >= 0.6 is 15.9 Å². The van der Waals surface area contributed by atoms with Gasteiger partial charge >= 0.3 is 12.3 Å². The molecule has 0 aliphatic rings. The van der Waals surface area contributed by atoms with Crippen molar-refractivity contribution in [2.75, 3.05) is 12.4 Å². The van der Waals surface area contributed by atoms with Crippen molar-refractivity contribution in [3.8, 4) is 0 Å². The van der Waals surface area contributed by atoms with E-state index in [4.69, 9.17) is 0 Å². The lowest BCUT2D eigenvalue weighted by atomic mass is 10.2. The standard InChI is InChI=1S/C10H7BrF3N3O2/c1-19-9(18)17-8-15-6-3-4(10(12,13)14)2-5(11)7(6)16-8/h2-3H,1H3,(H2,15,16,17,18). The number of hydrogen-bond donors (Lipinski definition) is 2. The van der Waals surface area contributed by atoms with Gasteiger partial charge in [-0.3, -0.25) is 5.32 Å². The second-order valence-corrected chi connectivity index (χ2v) is 4.41. The molecule has 5 nitrogen and oxygen atoms in total. The maximum absolute atomic E-state index is 12.6. The predicted molar refractivity (Wildman–Crippen MR) is 64.8 cm³/mol. The fourth-order valence-corrected chi connectivity index (χ4v) is 1.99. The van der Waals surface area contributed by atoms with Gasteiger partial charge in [0.25, 0.3) is 0 Å². The first-order valence-electron chi connectivity index (χ1n) is 4.92. The number of methoxy groups -OCH3 is 1. The van der Waals surface area contributed by atoms with E-state index < -0.39 is 17.8 Å². The van der Waals surface area contributed by atoms with Crippen LogP contribution in [0.2, 0.25) is 0 Å². The van der Waals surface area contributed by atoms with Gasteiger partial charge in [-0.2, -0.15) is 13.2 Å². The minimum atomic E-state index is -4.46. The predicted octanol–water partition coefficient (Wildman–Crippen LogP) is 3.52. The van der Waals surface area contributed by atoms with Gasteiger partial charge in [0.15, 0.2) is 0 Å². The van der Waals surface area contributed by atoms with Crippen LogP contribution in [0.5, 0.6) is 0 Å². The van der Waals surface area contributed by atoms with Gasteiger partial charge in [-0.25, -0.2) is 9.78 Å². The fourth-order valence-electron chi connectivity index (χ4n) is 1.45. The van der Waals surface area contributed by atoms with Crippen LogP contribution in [-0.2, 0) is 10.9 Å². The first kappa shape index (κ1) is 13.7. The summed E-state index contributed by atoms with van der Waals surface area (Å²) in [6, 6.07) is 1.83. The largest absolute Gasteiger partial charge is 0.453 e. The van der Waals surface area contributed by atoms with Crippen LogP contribution in [0.4, 0.5) is 23.9 Å². The second-order valence-electron chi connectivity index (χ2n) is 3.55. The van der Waals surface area contributed by atoms with E-state index in [1.54, 1.807) is 0 Å². The van der Waals surface area contributed by atoms with Crippen LogP contribution in [0.3, 0.4) is 0 Å². The van der Waals surface area contributed by atoms with Gasteiger partial charge in [-0.1, -0.05) is 0 Å². The van der Waals surface area contributed by atoms with Crippen molar-refractivity contribution in [1.82, 2.24) is 9.97 Å². The number of carbonyl (C=O) groups excluding carboxylic acids is 1. The number of rotatable bonds is 1. The third-order valence-electron chi connectivity index (χ3n) is 2.27. The van der Waals surface area contributed by atoms with Crippen molar-refractivity contribution in [3.05, 3.63) is 22.2 Å². The first-order chi connectivity index (χ1) is 8.81. The summed E-state index contributed by atoms with van der Waals surface area (Å²) in [7, 11) is 1.16. The van der Waals surface area contributed by atoms with E-state index in [0.29, 0.717) is 0 Å². The Bertz CT molecular complexity index is 639. The Hall–Kier alpha value is -1.77. The number of carbonyl (C=O) groups is 1. The summed E-state index contributed by atoms with van der Waals surface area (Å²) in [5.41, 5.74) is -0.396. The minimum absolute atomic E-state index is 0.00174. The van der Waals surface area contributed by atoms with Gasteiger partial charge in [0.05, 0.1) is 18.2 Å². The van der Waals surface area contributed by atoms with E-state index in [1.807, 2.05) is 0 Å². The van der Waals surface area contributed by atoms with Crippen LogP contribution in [0.25, 0.3) is 11.0 Å². The van der Waals surface area contributed by atoms with Crippen LogP contribution in [0, 0.1) is 0 Å². The molecule has 0 bridgehead atoms. The zero-order valence-electron chi connectivity index (χ0n) is 9.43. The van der Waals surface area contributed by atoms with Crippen LogP contribution in [-0.4, -0.2) is 23.2 Å². The molecule has 1 heterocycles. The van der Waals surface area contributed by atoms with Gasteiger partial charge in [0.1, 0.15) is 5.52 Å². The van der Waals surface area contributed by atoms with Crippen molar-refractivity contribution < 1.29 is 22.7 Å². The van der Waals surface area contributed by atoms with E-state index in [-0.39, 0.29) is 21.5 Å². The first-order valence-corrected chi connectivity index (χ1v) is 5.72. The summed E-state index contributed by atoms with van der Waals surface area (Å²) in [4.78, 5) is 17.5. The van der Waals surface area contributed by atoms with E-state index >= 15 is 0 Å². The Morgan fingerprint density at radius 1 is 1.47 bits per heavy atom. The van der Waals surface area contributed by atoms with E-state index in [9.17, 15) is 18.0 Å². The number of H-pyrrole nitrogens is 1. The Morgan fingerprint density at radius 2 is 2.16 bits per heavy atom. The van der Waals surface area contributed by atoms with Crippen molar-refractivity contribution in [2.24, 2.45) is 0 Å². The lowest BCUT2D eigenvalue weighted by molar-refractivity contribution is -0.137. The maximum Gasteiger partial charge on any atom is 0.416 e. The maximum atomic E-state index is 12.6. The summed E-state index contributed by atoms with van der Waals surface area (Å²) in [5.74, 6) is 0.00174. The highest BCUT2D eigenvalue weighted by atomic mass is 79.9. The number of fused-ring (bicyclic) bond motifs is 1. The molecule has 9 heteroatoms. The molecule has 0 saturated heterocycles. The normalized spacial score (nSPS) is 11.6. The summed E-state index contributed by atoms with van der Waals surface area (Å²) in [5, 5.41) is 2.24. The Balaban J connectivity index is 2.48. The average molecular weight is 338 g/mol. The summed E-state index contributed by atoms with van der Waals surface area (Å²) >= 11 is 3.01. The summed E-state index contributed by atoms with van der Waals surface area (Å²) in [6.45, 7) is 0. The number of hydrogen-bond acceptors (Lipinski definition) is 3. The number of amides is 1. The lowest BCUT2D eigenvalue weighted by Crippen LogP contribution is -2.11. The number of ether oxygens (including phenoxy) is 1. The highest BCUT2D eigenvalue weighted by Gasteiger charge is 2.31. The molecule has 0 aliphatic carbocycles. The highest BCUT2D eigenvalue weighted by molar-refractivity contribution is 9.10. The third kappa shape index (κ3) is 2.80. The Labute approximate surface area is 113 Å². The highest BCUT2D eigenvalue weighted by Crippen LogP contribution is 2.34. The summed E-state index contributed by atoms with van der Waals surface area (Å²) in [6.07, 6.45) is -5.23. The molecule has 0 fully saturated rings. The van der Waals surface area contributed by atoms with Crippen molar-refractivity contribution in [1.29, 1.82) is 0 Å². The molecule has 2 N–H and O–H groups in total. The van der Waals surface area contributed by atoms with Crippen LogP contribution in [0.15, 0.2) is 16.6 Å². The molecule has 2 rings (SSSR count). The number of nitrogens with one attached hydrogen (secondary N) is 2. The van der Waals surface area contributed by atoms with Gasteiger partial charge in [-0.15, -0.1) is 0 Å². The van der Waals surface area contributed by atoms with Crippen molar-refractivity contribution in [3.63, 3.8) is 0 Å². The molecular weight excluding hydrogens is 331 g/mol. The monoisotopic (exact) mass is 337 g/mol. The molecule has 0 radical (unpaired) electrons. The Kier molecular flexibility index (Phi) is 3.40. The molecule has 0 atom stereocenters. The third-order valence-corrected chi connectivity index (χ3v) is 2.88. The second kappa shape index (κ2) is 4.72. The molecule has 19 heavy (non-hydrogen) atoms. The molecule has 0 aliphatic heterocycles. The van der Waals surface area contributed by atoms with Crippen LogP contribution < -0.4 is 5.32 Å². The van der Waals surface area contributed by atoms with E-state index in [0.717, 1.165) is 19.2 Å². The molecule has 0 unspecified atom stereocenters. The molecule has 102 valence electrons. The molecular formula is C10H7BrF3N3O2. The Morgan fingerprint density at radius 3 is 2.74 bits per heavy atom. The number of anilines is 1. The molecule has 0 spiro atoms. The number of nitrogens with zero attached hydrogens (tertiary/aromatic N) is 1. The lowest BCUT2D eigenvalue weighted by Gasteiger charge is -2.06. The quantitative estimate of drug-likeness (QED) is 0.836. The number of aromatic amines is 1. The van der Waals surface area contributed by atoms with Gasteiger partial charge in [0.2, 0.25) is 5.95 Å². The molecule has 1 aromatic heterocycles. The smallest absolute Gasteiger partial charge is 0.416 e. The molecule has 2 aromatic rings. The van der Waals surface area contributed by atoms with Crippen molar-refractivity contribution >= 4 is 39.0 Å². The van der Waals surface area contributed by atoms with Gasteiger partial charge in [0, 0.05) is 4.47 Å². The number of aromatic nitrogens is 2. The fraction of sp³-hybridized carbons (Fsp3) is 0.200. The minimum Gasteiger partial charge on any atom is -0.453 e. The zero-order valence-corrected chi connectivity index (χ0v) is 11.0. The molecule has 1 amide bonds. The zero-order chi connectivity index (χ0) is 14.2. The number of halogens is 4. The van der Waals surface area contributed by atoms with Gasteiger partial charge < -0.3 is 9.72 Å². The average Bonchev–Trinajstić information content (AvgIpc) is 2.70. The van der Waals surface area contributed by atoms with Crippen molar-refractivity contribution in [2.45, 2.75) is 6.18 Å².